The van der Waals surface area contributed by atoms with Crippen LogP contribution in [-0.2, 0) is 19.6 Å². The average Bonchev–Trinajstić information content (AvgIpc) is 2.54. The quantitative estimate of drug-likeness (QED) is 0.700. The van der Waals surface area contributed by atoms with Crippen molar-refractivity contribution in [3.63, 3.8) is 0 Å². The van der Waals surface area contributed by atoms with Gasteiger partial charge in [0, 0.05) is 18.4 Å². The molecule has 8 nitrogen and oxygen atoms in total. The van der Waals surface area contributed by atoms with Crippen LogP contribution < -0.4 is 15.4 Å². The SMILES string of the molecule is CN(C(=O)C(=O)Nc1ccc(S(N)(=O)=O)cc1)c1ccc(O)cc1. The van der Waals surface area contributed by atoms with E-state index in [9.17, 15) is 23.1 Å². The van der Waals surface area contributed by atoms with Crippen LogP contribution in [0.25, 0.3) is 0 Å². The molecule has 2 aromatic rings. The highest BCUT2D eigenvalue weighted by Crippen LogP contribution is 2.18. The number of sulfonamides is 1. The van der Waals surface area contributed by atoms with Gasteiger partial charge in [-0.05, 0) is 48.5 Å². The first kappa shape index (κ1) is 17.4. The van der Waals surface area contributed by atoms with Crippen LogP contribution >= 0.6 is 0 Å². The van der Waals surface area contributed by atoms with Crippen molar-refractivity contribution in [3.8, 4) is 5.75 Å². The molecule has 0 heterocycles. The molecule has 2 rings (SSSR count). The summed E-state index contributed by atoms with van der Waals surface area (Å²) in [5, 5.41) is 16.6. The number of phenolic OH excluding ortho intramolecular Hbond substituents is 1. The van der Waals surface area contributed by atoms with Gasteiger partial charge in [0.1, 0.15) is 5.75 Å². The normalized spacial score (nSPS) is 10.9. The molecular weight excluding hydrogens is 334 g/mol. The summed E-state index contributed by atoms with van der Waals surface area (Å²) in [5.41, 5.74) is 0.678. The van der Waals surface area contributed by atoms with Gasteiger partial charge in [0.05, 0.1) is 4.90 Å². The first-order valence-corrected chi connectivity index (χ1v) is 8.24. The summed E-state index contributed by atoms with van der Waals surface area (Å²) in [4.78, 5) is 25.1. The van der Waals surface area contributed by atoms with Crippen molar-refractivity contribution in [2.24, 2.45) is 5.14 Å². The van der Waals surface area contributed by atoms with E-state index in [1.807, 2.05) is 0 Å². The molecule has 9 heteroatoms. The molecule has 0 unspecified atom stereocenters. The lowest BCUT2D eigenvalue weighted by Crippen LogP contribution is -2.37. The fourth-order valence-electron chi connectivity index (χ4n) is 1.86. The molecule has 0 fully saturated rings. The second kappa shape index (κ2) is 6.69. The van der Waals surface area contributed by atoms with Crippen molar-refractivity contribution in [2.75, 3.05) is 17.3 Å². The van der Waals surface area contributed by atoms with Gasteiger partial charge in [-0.1, -0.05) is 0 Å². The Hall–Kier alpha value is -2.91. The minimum atomic E-state index is -3.83. The molecule has 0 spiro atoms. The number of hydrogen-bond acceptors (Lipinski definition) is 5. The number of amides is 2. The monoisotopic (exact) mass is 349 g/mol. The van der Waals surface area contributed by atoms with Crippen LogP contribution in [-0.4, -0.2) is 32.4 Å². The van der Waals surface area contributed by atoms with Gasteiger partial charge in [-0.25, -0.2) is 13.6 Å². The lowest BCUT2D eigenvalue weighted by Gasteiger charge is -2.16. The third-order valence-corrected chi connectivity index (χ3v) is 4.11. The van der Waals surface area contributed by atoms with Crippen molar-refractivity contribution in [2.45, 2.75) is 4.90 Å². The molecule has 4 N–H and O–H groups in total. The lowest BCUT2D eigenvalue weighted by atomic mass is 10.2. The third-order valence-electron chi connectivity index (χ3n) is 3.18. The number of benzene rings is 2. The van der Waals surface area contributed by atoms with E-state index < -0.39 is 21.8 Å². The van der Waals surface area contributed by atoms with Crippen molar-refractivity contribution in [3.05, 3.63) is 48.5 Å². The number of nitrogens with one attached hydrogen (secondary N) is 1. The molecule has 2 amide bonds. The number of nitrogens with two attached hydrogens (primary N) is 1. The molecule has 0 atom stereocenters. The van der Waals surface area contributed by atoms with Gasteiger partial charge in [-0.15, -0.1) is 0 Å². The van der Waals surface area contributed by atoms with Crippen LogP contribution in [0.15, 0.2) is 53.4 Å². The Morgan fingerprint density at radius 3 is 2.08 bits per heavy atom. The van der Waals surface area contributed by atoms with E-state index in [0.717, 1.165) is 4.90 Å². The number of primary sulfonamides is 1. The van der Waals surface area contributed by atoms with Crippen LogP contribution in [0.5, 0.6) is 5.75 Å². The number of carbonyl (C=O) groups excluding carboxylic acids is 2. The predicted molar refractivity (Wildman–Crippen MR) is 88.0 cm³/mol. The van der Waals surface area contributed by atoms with Crippen LogP contribution in [0.2, 0.25) is 0 Å². The van der Waals surface area contributed by atoms with Gasteiger partial charge in [-0.3, -0.25) is 9.59 Å². The van der Waals surface area contributed by atoms with Gasteiger partial charge in [0.15, 0.2) is 0 Å². The Kier molecular flexibility index (Phi) is 4.86. The summed E-state index contributed by atoms with van der Waals surface area (Å²) in [7, 11) is -2.41. The van der Waals surface area contributed by atoms with E-state index >= 15 is 0 Å². The summed E-state index contributed by atoms with van der Waals surface area (Å²) in [6.07, 6.45) is 0. The highest BCUT2D eigenvalue weighted by atomic mass is 32.2. The molecule has 0 saturated carbocycles. The van der Waals surface area contributed by atoms with E-state index in [1.165, 1.54) is 55.6 Å². The number of aromatic hydroxyl groups is 1. The Bertz CT molecular complexity index is 861. The molecule has 0 aliphatic heterocycles. The zero-order valence-electron chi connectivity index (χ0n) is 12.6. The fourth-order valence-corrected chi connectivity index (χ4v) is 2.37. The molecule has 0 aliphatic carbocycles. The molecule has 126 valence electrons. The minimum Gasteiger partial charge on any atom is -0.508 e. The smallest absolute Gasteiger partial charge is 0.316 e. The van der Waals surface area contributed by atoms with Gasteiger partial charge < -0.3 is 15.3 Å². The Morgan fingerprint density at radius 2 is 1.58 bits per heavy atom. The number of likely N-dealkylation sites (N-methyl/N-ethyl adjacent to an activating group) is 1. The maximum absolute atomic E-state index is 12.1. The van der Waals surface area contributed by atoms with Crippen LogP contribution in [0.4, 0.5) is 11.4 Å². The van der Waals surface area contributed by atoms with E-state index in [1.54, 1.807) is 0 Å². The number of anilines is 2. The van der Waals surface area contributed by atoms with Crippen LogP contribution in [0.1, 0.15) is 0 Å². The van der Waals surface area contributed by atoms with Gasteiger partial charge in [-0.2, -0.15) is 0 Å². The van der Waals surface area contributed by atoms with Gasteiger partial charge in [0.25, 0.3) is 0 Å². The summed E-state index contributed by atoms with van der Waals surface area (Å²) >= 11 is 0. The highest BCUT2D eigenvalue weighted by molar-refractivity contribution is 7.89. The topological polar surface area (TPSA) is 130 Å². The molecule has 0 saturated heterocycles. The molecule has 24 heavy (non-hydrogen) atoms. The van der Waals surface area contributed by atoms with E-state index in [4.69, 9.17) is 5.14 Å². The first-order valence-electron chi connectivity index (χ1n) is 6.69. The van der Waals surface area contributed by atoms with Crippen molar-refractivity contribution in [1.29, 1.82) is 0 Å². The maximum Gasteiger partial charge on any atom is 0.316 e. The summed E-state index contributed by atoms with van der Waals surface area (Å²) in [6.45, 7) is 0. The molecule has 2 aromatic carbocycles. The number of rotatable bonds is 3. The van der Waals surface area contributed by atoms with E-state index in [2.05, 4.69) is 5.32 Å². The standard InChI is InChI=1S/C15H15N3O5S/c1-18(11-4-6-12(19)7-5-11)15(21)14(20)17-10-2-8-13(9-3-10)24(16,22)23/h2-9,19H,1H3,(H,17,20)(H2,16,22,23). The highest BCUT2D eigenvalue weighted by Gasteiger charge is 2.20. The predicted octanol–water partition coefficient (Wildman–Crippen LogP) is 0.641. The summed E-state index contributed by atoms with van der Waals surface area (Å²) in [5.74, 6) is -1.68. The van der Waals surface area contributed by atoms with Crippen LogP contribution in [0.3, 0.4) is 0 Å². The zero-order valence-corrected chi connectivity index (χ0v) is 13.4. The largest absolute Gasteiger partial charge is 0.508 e. The first-order chi connectivity index (χ1) is 11.2. The molecule has 0 radical (unpaired) electrons. The molecule has 0 aromatic heterocycles. The van der Waals surface area contributed by atoms with E-state index in [0.29, 0.717) is 5.69 Å². The zero-order chi connectivity index (χ0) is 17.9. The van der Waals surface area contributed by atoms with Crippen molar-refractivity contribution >= 4 is 33.2 Å². The van der Waals surface area contributed by atoms with Gasteiger partial charge in [0.2, 0.25) is 10.0 Å². The number of hydrogen-bond donors (Lipinski definition) is 3. The lowest BCUT2D eigenvalue weighted by molar-refractivity contribution is -0.134. The van der Waals surface area contributed by atoms with Crippen molar-refractivity contribution in [1.82, 2.24) is 0 Å². The Balaban J connectivity index is 2.08. The Labute approximate surface area is 138 Å². The third kappa shape index (κ3) is 4.09. The Morgan fingerprint density at radius 1 is 1.04 bits per heavy atom. The molecular formula is C15H15N3O5S. The average molecular weight is 349 g/mol. The summed E-state index contributed by atoms with van der Waals surface area (Å²) in [6, 6.07) is 10.9. The number of nitrogens with zero attached hydrogens (tertiary/aromatic N) is 1. The second-order valence-corrected chi connectivity index (χ2v) is 6.47. The van der Waals surface area contributed by atoms with E-state index in [-0.39, 0.29) is 16.3 Å². The number of phenols is 1. The maximum atomic E-state index is 12.1. The minimum absolute atomic E-state index is 0.0407. The molecule has 0 aliphatic rings. The van der Waals surface area contributed by atoms with Crippen LogP contribution in [0, 0.1) is 0 Å². The molecule has 0 bridgehead atoms. The number of carbonyl (C=O) groups is 2. The summed E-state index contributed by atoms with van der Waals surface area (Å²) < 4.78 is 22.3. The fraction of sp³-hybridized carbons (Fsp3) is 0.0667. The van der Waals surface area contributed by atoms with Gasteiger partial charge >= 0.3 is 11.8 Å². The van der Waals surface area contributed by atoms with Crippen molar-refractivity contribution < 1.29 is 23.1 Å². The second-order valence-electron chi connectivity index (χ2n) is 4.90.